The first-order chi connectivity index (χ1) is 18.2. The zero-order chi connectivity index (χ0) is 28.8. The Bertz CT molecular complexity index is 1600. The molecule has 3 aromatic carbocycles. The van der Waals surface area contributed by atoms with E-state index in [1.165, 1.54) is 37.3 Å². The normalized spacial score (nSPS) is 13.8. The van der Waals surface area contributed by atoms with Gasteiger partial charge in [-0.2, -0.15) is 0 Å². The molecule has 0 saturated heterocycles. The van der Waals surface area contributed by atoms with Crippen molar-refractivity contribution >= 4 is 23.7 Å². The van der Waals surface area contributed by atoms with E-state index in [-0.39, 0.29) is 39.1 Å². The number of rotatable bonds is 6. The van der Waals surface area contributed by atoms with Crippen LogP contribution in [0.15, 0.2) is 36.4 Å². The summed E-state index contributed by atoms with van der Waals surface area (Å²) in [5.74, 6) is -5.20. The molecular weight excluding hydrogens is 507 g/mol. The van der Waals surface area contributed by atoms with Gasteiger partial charge in [-0.05, 0) is 58.1 Å². The van der Waals surface area contributed by atoms with Gasteiger partial charge in [-0.3, -0.25) is 9.59 Å². The number of Topliss-reactive ketones (excluding diaryl/α,β-unsaturated/α-hetero) is 1. The maximum absolute atomic E-state index is 14.1. The van der Waals surface area contributed by atoms with Crippen molar-refractivity contribution in [1.29, 1.82) is 0 Å². The number of ketones is 2. The standard InChI is InChI=1S/C30H27FO8/c1-14-24(34)18(27(37)22(15(2)32)25(14)35)13-19-26(36)17-11-12-30(3,4)39-29(17)23(28(19)38)21(33)10-9-16-7-5-6-8-20(16)31/h5-12,34-38H,13H2,1-4H3/b10-9+. The summed E-state index contributed by atoms with van der Waals surface area (Å²) in [7, 11) is 0. The summed E-state index contributed by atoms with van der Waals surface area (Å²) in [6, 6.07) is 5.78. The lowest BCUT2D eigenvalue weighted by Gasteiger charge is -2.30. The van der Waals surface area contributed by atoms with E-state index < -0.39 is 63.7 Å². The summed E-state index contributed by atoms with van der Waals surface area (Å²) in [5, 5.41) is 54.1. The van der Waals surface area contributed by atoms with Crippen molar-refractivity contribution in [2.45, 2.75) is 39.7 Å². The van der Waals surface area contributed by atoms with Crippen molar-refractivity contribution in [3.8, 4) is 34.5 Å². The molecule has 8 nitrogen and oxygen atoms in total. The molecule has 4 rings (SSSR count). The summed E-state index contributed by atoms with van der Waals surface area (Å²) < 4.78 is 20.0. The van der Waals surface area contributed by atoms with Crippen molar-refractivity contribution in [1.82, 2.24) is 0 Å². The SMILES string of the molecule is CC(=O)c1c(O)c(C)c(O)c(Cc2c(O)c3c(c(C(=O)/C=C/c4ccccc4F)c2O)OC(C)(C)C=C3)c1O. The third-order valence-corrected chi connectivity index (χ3v) is 6.58. The van der Waals surface area contributed by atoms with Gasteiger partial charge in [0.2, 0.25) is 0 Å². The number of benzene rings is 3. The molecule has 39 heavy (non-hydrogen) atoms. The Morgan fingerprint density at radius 3 is 2.18 bits per heavy atom. The van der Waals surface area contributed by atoms with Gasteiger partial charge in [0.1, 0.15) is 57.0 Å². The molecule has 1 aliphatic rings. The molecule has 3 aromatic rings. The monoisotopic (exact) mass is 534 g/mol. The van der Waals surface area contributed by atoms with Gasteiger partial charge >= 0.3 is 0 Å². The zero-order valence-corrected chi connectivity index (χ0v) is 21.7. The summed E-state index contributed by atoms with van der Waals surface area (Å²) >= 11 is 0. The van der Waals surface area contributed by atoms with E-state index in [1.54, 1.807) is 26.0 Å². The van der Waals surface area contributed by atoms with Crippen molar-refractivity contribution in [3.63, 3.8) is 0 Å². The van der Waals surface area contributed by atoms with E-state index in [2.05, 4.69) is 0 Å². The number of carbonyl (C=O) groups is 2. The maximum atomic E-state index is 14.1. The summed E-state index contributed by atoms with van der Waals surface area (Å²) in [6.07, 6.45) is 4.90. The molecule has 0 spiro atoms. The number of aromatic hydroxyl groups is 5. The fraction of sp³-hybridized carbons (Fsp3) is 0.200. The number of fused-ring (bicyclic) bond motifs is 1. The molecule has 9 heteroatoms. The predicted molar refractivity (Wildman–Crippen MR) is 142 cm³/mol. The van der Waals surface area contributed by atoms with Crippen molar-refractivity contribution in [2.24, 2.45) is 0 Å². The van der Waals surface area contributed by atoms with Gasteiger partial charge in [-0.25, -0.2) is 4.39 Å². The highest BCUT2D eigenvalue weighted by Crippen LogP contribution is 2.50. The molecule has 0 unspecified atom stereocenters. The highest BCUT2D eigenvalue weighted by Gasteiger charge is 2.34. The first kappa shape index (κ1) is 27.3. The second-order valence-electron chi connectivity index (χ2n) is 9.81. The number of halogens is 1. The fourth-order valence-corrected chi connectivity index (χ4v) is 4.45. The van der Waals surface area contributed by atoms with Crippen LogP contribution in [0.5, 0.6) is 34.5 Å². The van der Waals surface area contributed by atoms with Crippen LogP contribution in [0.2, 0.25) is 0 Å². The maximum Gasteiger partial charge on any atom is 0.193 e. The van der Waals surface area contributed by atoms with Crippen LogP contribution >= 0.6 is 0 Å². The molecule has 5 N–H and O–H groups in total. The van der Waals surface area contributed by atoms with Crippen LogP contribution in [0.1, 0.15) is 69.3 Å². The average molecular weight is 535 g/mol. The minimum Gasteiger partial charge on any atom is -0.507 e. The van der Waals surface area contributed by atoms with Crippen LogP contribution in [-0.4, -0.2) is 42.7 Å². The third kappa shape index (κ3) is 4.79. The molecule has 1 heterocycles. The first-order valence-electron chi connectivity index (χ1n) is 12.0. The van der Waals surface area contributed by atoms with Crippen molar-refractivity contribution in [3.05, 3.63) is 81.2 Å². The Morgan fingerprint density at radius 1 is 0.923 bits per heavy atom. The Balaban J connectivity index is 1.94. The van der Waals surface area contributed by atoms with Crippen LogP contribution in [0.25, 0.3) is 12.2 Å². The summed E-state index contributed by atoms with van der Waals surface area (Å²) in [4.78, 5) is 25.5. The number of ether oxygens (including phenoxy) is 1. The lowest BCUT2D eigenvalue weighted by molar-refractivity contribution is 0.100. The molecule has 0 atom stereocenters. The Kier molecular flexibility index (Phi) is 6.87. The first-order valence-corrected chi connectivity index (χ1v) is 12.0. The molecular formula is C30H27FO8. The molecule has 0 amide bonds. The van der Waals surface area contributed by atoms with Gasteiger partial charge < -0.3 is 30.3 Å². The number of hydrogen-bond acceptors (Lipinski definition) is 8. The van der Waals surface area contributed by atoms with Crippen LogP contribution in [0.3, 0.4) is 0 Å². The predicted octanol–water partition coefficient (Wildman–Crippen LogP) is 5.54. The van der Waals surface area contributed by atoms with Crippen molar-refractivity contribution in [2.75, 3.05) is 0 Å². The molecule has 0 fully saturated rings. The number of allylic oxidation sites excluding steroid dienone is 1. The molecule has 0 bridgehead atoms. The van der Waals surface area contributed by atoms with Crippen LogP contribution in [0, 0.1) is 12.7 Å². The van der Waals surface area contributed by atoms with Gasteiger partial charge in [-0.1, -0.05) is 18.2 Å². The minimum atomic E-state index is -0.904. The van der Waals surface area contributed by atoms with Crippen LogP contribution in [0.4, 0.5) is 4.39 Å². The second kappa shape index (κ2) is 9.83. The topological polar surface area (TPSA) is 145 Å². The molecule has 0 saturated carbocycles. The van der Waals surface area contributed by atoms with Crippen LogP contribution in [-0.2, 0) is 6.42 Å². The van der Waals surface area contributed by atoms with E-state index in [0.29, 0.717) is 0 Å². The van der Waals surface area contributed by atoms with Crippen molar-refractivity contribution < 1.29 is 44.2 Å². The molecule has 0 radical (unpaired) electrons. The van der Waals surface area contributed by atoms with Gasteiger partial charge in [0, 0.05) is 28.7 Å². The van der Waals surface area contributed by atoms with Gasteiger partial charge in [-0.15, -0.1) is 0 Å². The highest BCUT2D eigenvalue weighted by molar-refractivity contribution is 6.12. The number of carbonyl (C=O) groups excluding carboxylic acids is 2. The second-order valence-corrected chi connectivity index (χ2v) is 9.81. The highest BCUT2D eigenvalue weighted by atomic mass is 19.1. The van der Waals surface area contributed by atoms with Gasteiger partial charge in [0.15, 0.2) is 11.6 Å². The lowest BCUT2D eigenvalue weighted by Crippen LogP contribution is -2.28. The largest absolute Gasteiger partial charge is 0.507 e. The lowest BCUT2D eigenvalue weighted by atomic mass is 9.89. The molecule has 1 aliphatic heterocycles. The number of phenolic OH excluding ortho intramolecular Hbond substituents is 5. The van der Waals surface area contributed by atoms with Gasteiger partial charge in [0.05, 0.1) is 5.56 Å². The molecule has 0 aliphatic carbocycles. The summed E-state index contributed by atoms with van der Waals surface area (Å²) in [6.45, 7) is 5.85. The Hall–Kier alpha value is -4.79. The Labute approximate surface area is 223 Å². The zero-order valence-electron chi connectivity index (χ0n) is 21.7. The third-order valence-electron chi connectivity index (χ3n) is 6.58. The van der Waals surface area contributed by atoms with E-state index in [0.717, 1.165) is 13.0 Å². The minimum absolute atomic E-state index is 0.0611. The number of phenols is 5. The average Bonchev–Trinajstić information content (AvgIpc) is 2.85. The van der Waals surface area contributed by atoms with E-state index >= 15 is 0 Å². The van der Waals surface area contributed by atoms with E-state index in [4.69, 9.17) is 4.74 Å². The van der Waals surface area contributed by atoms with E-state index in [9.17, 15) is 39.5 Å². The quantitative estimate of drug-likeness (QED) is 0.205. The fourth-order valence-electron chi connectivity index (χ4n) is 4.45. The van der Waals surface area contributed by atoms with E-state index in [1.807, 2.05) is 0 Å². The Morgan fingerprint density at radius 2 is 1.54 bits per heavy atom. The van der Waals surface area contributed by atoms with Gasteiger partial charge in [0.25, 0.3) is 0 Å². The molecule has 0 aromatic heterocycles. The summed E-state index contributed by atoms with van der Waals surface area (Å²) in [5.41, 5.74) is -2.10. The smallest absolute Gasteiger partial charge is 0.193 e. The van der Waals surface area contributed by atoms with Crippen LogP contribution < -0.4 is 4.74 Å². The molecule has 202 valence electrons. The number of hydrogen-bond donors (Lipinski definition) is 5.